The number of amides is 2. The topological polar surface area (TPSA) is 63.7 Å². The summed E-state index contributed by atoms with van der Waals surface area (Å²) in [5, 5.41) is 0. The van der Waals surface area contributed by atoms with Crippen LogP contribution in [0, 0.1) is 5.92 Å². The van der Waals surface area contributed by atoms with Gasteiger partial charge in [0.1, 0.15) is 4.33 Å². The third kappa shape index (κ3) is 3.12. The molecule has 2 fully saturated rings. The Morgan fingerprint density at radius 1 is 1.12 bits per heavy atom. The number of carbonyl (C=O) groups excluding carboxylic acids is 3. The first-order chi connectivity index (χ1) is 12.4. The highest BCUT2D eigenvalue weighted by Gasteiger charge is 2.52. The van der Waals surface area contributed by atoms with Crippen LogP contribution in [0.2, 0.25) is 0 Å². The van der Waals surface area contributed by atoms with Crippen molar-refractivity contribution in [3.8, 4) is 0 Å². The predicted octanol–water partition coefficient (Wildman–Crippen LogP) is 3.97. The average molecular weight is 396 g/mol. The van der Waals surface area contributed by atoms with Gasteiger partial charge in [0.2, 0.25) is 0 Å². The highest BCUT2D eigenvalue weighted by molar-refractivity contribution is 6.50. The van der Waals surface area contributed by atoms with Crippen molar-refractivity contribution in [2.24, 2.45) is 5.92 Å². The minimum absolute atomic E-state index is 0.0398. The van der Waals surface area contributed by atoms with Crippen LogP contribution in [0.15, 0.2) is 18.2 Å². The van der Waals surface area contributed by atoms with Gasteiger partial charge in [-0.1, -0.05) is 19.3 Å². The second kappa shape index (κ2) is 6.54. The molecule has 1 heterocycles. The second-order valence-electron chi connectivity index (χ2n) is 7.29. The van der Waals surface area contributed by atoms with Crippen molar-refractivity contribution in [3.63, 3.8) is 0 Å². The first kappa shape index (κ1) is 17.8. The van der Waals surface area contributed by atoms with E-state index in [1.54, 1.807) is 6.07 Å². The highest BCUT2D eigenvalue weighted by Crippen LogP contribution is 2.53. The van der Waals surface area contributed by atoms with Crippen LogP contribution in [0.5, 0.6) is 0 Å². The minimum atomic E-state index is -0.804. The Morgan fingerprint density at radius 2 is 1.77 bits per heavy atom. The number of benzene rings is 1. The molecular weight excluding hydrogens is 377 g/mol. The molecule has 0 saturated heterocycles. The molecule has 0 radical (unpaired) electrons. The van der Waals surface area contributed by atoms with Gasteiger partial charge in [-0.05, 0) is 37.5 Å². The largest absolute Gasteiger partial charge is 0.462 e. The van der Waals surface area contributed by atoms with E-state index in [1.807, 2.05) is 0 Å². The van der Waals surface area contributed by atoms with E-state index >= 15 is 0 Å². The van der Waals surface area contributed by atoms with Gasteiger partial charge < -0.3 is 4.74 Å². The van der Waals surface area contributed by atoms with Crippen molar-refractivity contribution < 1.29 is 19.1 Å². The number of ether oxygens (including phenoxy) is 1. The SMILES string of the molecule is O=C(OC[C@H]1CC1(Cl)Cl)c1ccc2c(c1)C(=O)N(C1CCCCC1)C2=O. The lowest BCUT2D eigenvalue weighted by Gasteiger charge is -2.29. The van der Waals surface area contributed by atoms with Crippen molar-refractivity contribution in [1.29, 1.82) is 0 Å². The van der Waals surface area contributed by atoms with E-state index in [4.69, 9.17) is 27.9 Å². The molecular formula is C19H19Cl2NO4. The van der Waals surface area contributed by atoms with E-state index in [9.17, 15) is 14.4 Å². The van der Waals surface area contributed by atoms with Crippen LogP contribution in [0.25, 0.3) is 0 Å². The lowest BCUT2D eigenvalue weighted by molar-refractivity contribution is 0.0484. The molecule has 26 heavy (non-hydrogen) atoms. The third-order valence-electron chi connectivity index (χ3n) is 5.46. The van der Waals surface area contributed by atoms with Gasteiger partial charge in [-0.15, -0.1) is 23.2 Å². The standard InChI is InChI=1S/C19H19Cl2NO4/c20-19(21)9-12(19)10-26-18(25)11-6-7-14-15(8-11)17(24)22(16(14)23)13-4-2-1-3-5-13/h6-8,12-13H,1-5,9-10H2/t12-/m1/s1. The Labute approximate surface area is 161 Å². The number of hydrogen-bond acceptors (Lipinski definition) is 4. The predicted molar refractivity (Wildman–Crippen MR) is 96.6 cm³/mol. The number of halogens is 2. The van der Waals surface area contributed by atoms with Crippen LogP contribution in [0.3, 0.4) is 0 Å². The van der Waals surface area contributed by atoms with Crippen LogP contribution in [0.4, 0.5) is 0 Å². The zero-order chi connectivity index (χ0) is 18.5. The van der Waals surface area contributed by atoms with Crippen molar-refractivity contribution in [1.82, 2.24) is 4.90 Å². The Bertz CT molecular complexity index is 786. The summed E-state index contributed by atoms with van der Waals surface area (Å²) in [4.78, 5) is 39.0. The molecule has 2 aliphatic carbocycles. The molecule has 1 aliphatic heterocycles. The molecule has 0 N–H and O–H groups in total. The number of carbonyl (C=O) groups is 3. The Hall–Kier alpha value is -1.59. The van der Waals surface area contributed by atoms with Crippen molar-refractivity contribution in [3.05, 3.63) is 34.9 Å². The summed E-state index contributed by atoms with van der Waals surface area (Å²) in [5.41, 5.74) is 0.899. The fourth-order valence-electron chi connectivity index (χ4n) is 3.77. The monoisotopic (exact) mass is 395 g/mol. The van der Waals surface area contributed by atoms with Crippen LogP contribution < -0.4 is 0 Å². The Kier molecular flexibility index (Phi) is 4.48. The number of fused-ring (bicyclic) bond motifs is 1. The molecule has 138 valence electrons. The van der Waals surface area contributed by atoms with Gasteiger partial charge in [0.25, 0.3) is 11.8 Å². The number of alkyl halides is 2. The third-order valence-corrected chi connectivity index (χ3v) is 6.39. The lowest BCUT2D eigenvalue weighted by atomic mass is 9.94. The van der Waals surface area contributed by atoms with Crippen molar-refractivity contribution in [2.75, 3.05) is 6.61 Å². The Balaban J connectivity index is 1.49. The zero-order valence-corrected chi connectivity index (χ0v) is 15.7. The summed E-state index contributed by atoms with van der Waals surface area (Å²) < 4.78 is 4.43. The van der Waals surface area contributed by atoms with Crippen LogP contribution >= 0.6 is 23.2 Å². The van der Waals surface area contributed by atoms with E-state index in [2.05, 4.69) is 0 Å². The molecule has 7 heteroatoms. The molecule has 0 spiro atoms. The first-order valence-corrected chi connectivity index (χ1v) is 9.71. The van der Waals surface area contributed by atoms with Gasteiger partial charge in [-0.3, -0.25) is 14.5 Å². The van der Waals surface area contributed by atoms with E-state index < -0.39 is 10.3 Å². The molecule has 2 amide bonds. The number of rotatable bonds is 4. The van der Waals surface area contributed by atoms with E-state index in [0.717, 1.165) is 32.1 Å². The summed E-state index contributed by atoms with van der Waals surface area (Å²) in [6.45, 7) is 0.143. The summed E-state index contributed by atoms with van der Waals surface area (Å²) in [6, 6.07) is 4.49. The number of hydrogen-bond donors (Lipinski definition) is 0. The summed E-state index contributed by atoms with van der Waals surface area (Å²) in [7, 11) is 0. The van der Waals surface area contributed by atoms with Crippen molar-refractivity contribution >= 4 is 41.0 Å². The molecule has 5 nitrogen and oxygen atoms in total. The number of esters is 1. The Morgan fingerprint density at radius 3 is 2.42 bits per heavy atom. The van der Waals surface area contributed by atoms with Gasteiger partial charge in [0, 0.05) is 12.0 Å². The quantitative estimate of drug-likeness (QED) is 0.439. The van der Waals surface area contributed by atoms with Gasteiger partial charge in [-0.25, -0.2) is 4.79 Å². The summed E-state index contributed by atoms with van der Waals surface area (Å²) >= 11 is 11.8. The molecule has 4 rings (SSSR count). The number of nitrogens with zero attached hydrogens (tertiary/aromatic N) is 1. The highest BCUT2D eigenvalue weighted by atomic mass is 35.5. The lowest BCUT2D eigenvalue weighted by Crippen LogP contribution is -2.40. The molecule has 0 unspecified atom stereocenters. The molecule has 0 bridgehead atoms. The van der Waals surface area contributed by atoms with Gasteiger partial charge in [-0.2, -0.15) is 0 Å². The van der Waals surface area contributed by atoms with Gasteiger partial charge >= 0.3 is 5.97 Å². The second-order valence-corrected chi connectivity index (χ2v) is 8.84. The van der Waals surface area contributed by atoms with E-state index in [-0.39, 0.29) is 41.5 Å². The van der Waals surface area contributed by atoms with Crippen molar-refractivity contribution in [2.45, 2.75) is 48.9 Å². The average Bonchev–Trinajstić information content (AvgIpc) is 3.18. The smallest absolute Gasteiger partial charge is 0.338 e. The van der Waals surface area contributed by atoms with Crippen LogP contribution in [-0.4, -0.2) is 39.7 Å². The first-order valence-electron chi connectivity index (χ1n) is 8.95. The normalized spacial score (nSPS) is 24.5. The zero-order valence-electron chi connectivity index (χ0n) is 14.2. The van der Waals surface area contributed by atoms with Crippen LogP contribution in [0.1, 0.15) is 69.6 Å². The number of imide groups is 1. The maximum atomic E-state index is 12.8. The minimum Gasteiger partial charge on any atom is -0.462 e. The van der Waals surface area contributed by atoms with E-state index in [0.29, 0.717) is 12.0 Å². The maximum absolute atomic E-state index is 12.8. The molecule has 2 saturated carbocycles. The van der Waals surface area contributed by atoms with Gasteiger partial charge in [0.05, 0.1) is 23.3 Å². The summed E-state index contributed by atoms with van der Waals surface area (Å²) in [6.07, 6.45) is 5.49. The molecule has 0 aromatic heterocycles. The molecule has 3 aliphatic rings. The fourth-order valence-corrected chi connectivity index (χ4v) is 4.27. The maximum Gasteiger partial charge on any atom is 0.338 e. The molecule has 1 aromatic carbocycles. The van der Waals surface area contributed by atoms with Gasteiger partial charge in [0.15, 0.2) is 0 Å². The fraction of sp³-hybridized carbons (Fsp3) is 0.526. The van der Waals surface area contributed by atoms with E-state index in [1.165, 1.54) is 17.0 Å². The van der Waals surface area contributed by atoms with Crippen LogP contribution in [-0.2, 0) is 4.74 Å². The molecule has 1 aromatic rings. The molecule has 1 atom stereocenters. The summed E-state index contributed by atoms with van der Waals surface area (Å²) in [5.74, 6) is -1.17.